The first-order valence-electron chi connectivity index (χ1n) is 8.14. The van der Waals surface area contributed by atoms with Crippen molar-refractivity contribution in [2.75, 3.05) is 32.0 Å². The van der Waals surface area contributed by atoms with Gasteiger partial charge in [0.1, 0.15) is 0 Å². The van der Waals surface area contributed by atoms with Crippen molar-refractivity contribution in [1.29, 1.82) is 0 Å². The quantitative estimate of drug-likeness (QED) is 0.788. The van der Waals surface area contributed by atoms with E-state index in [2.05, 4.69) is 10.00 Å². The Balaban J connectivity index is 1.54. The van der Waals surface area contributed by atoms with Gasteiger partial charge in [0, 0.05) is 25.8 Å². The Morgan fingerprint density at radius 1 is 1.29 bits per heavy atom. The van der Waals surface area contributed by atoms with Gasteiger partial charge < -0.3 is 4.74 Å². The molecular formula is C17H23N3O3S. The zero-order chi connectivity index (χ0) is 17.0. The first-order chi connectivity index (χ1) is 11.5. The summed E-state index contributed by atoms with van der Waals surface area (Å²) in [7, 11) is -3.23. The lowest BCUT2D eigenvalue weighted by molar-refractivity contribution is -0.0355. The van der Waals surface area contributed by atoms with Crippen LogP contribution in [0.5, 0.6) is 0 Å². The maximum atomic E-state index is 12.4. The minimum atomic E-state index is -3.23. The summed E-state index contributed by atoms with van der Waals surface area (Å²) in [6, 6.07) is 8.63. The van der Waals surface area contributed by atoms with Crippen LogP contribution in [-0.2, 0) is 21.1 Å². The molecule has 1 aliphatic heterocycles. The normalized spacial score (nSPS) is 19.5. The Morgan fingerprint density at radius 2 is 2.08 bits per heavy atom. The molecule has 1 aliphatic rings. The maximum Gasteiger partial charge on any atom is 0.179 e. The number of aryl methyl sites for hydroxylation is 1. The van der Waals surface area contributed by atoms with E-state index in [1.54, 1.807) is 24.3 Å². The standard InChI is InChI=1S/C17H23N3O3S/c1-15-11-18-20(12-15)14-16-13-19(7-9-23-16)8-10-24(21,22)17-5-3-2-4-6-17/h2-6,11-12,16H,7-10,13-14H2,1H3/t16-/m0/s1. The largest absolute Gasteiger partial charge is 0.374 e. The highest BCUT2D eigenvalue weighted by atomic mass is 32.2. The first kappa shape index (κ1) is 17.1. The molecule has 0 amide bonds. The number of benzene rings is 1. The van der Waals surface area contributed by atoms with E-state index in [1.165, 1.54) is 0 Å². The van der Waals surface area contributed by atoms with Gasteiger partial charge in [0.2, 0.25) is 0 Å². The topological polar surface area (TPSA) is 64.4 Å². The summed E-state index contributed by atoms with van der Waals surface area (Å²) in [6.07, 6.45) is 3.85. The summed E-state index contributed by atoms with van der Waals surface area (Å²) in [5.41, 5.74) is 1.12. The Labute approximate surface area is 143 Å². The van der Waals surface area contributed by atoms with Crippen LogP contribution in [0.15, 0.2) is 47.6 Å². The van der Waals surface area contributed by atoms with Gasteiger partial charge in [-0.3, -0.25) is 9.58 Å². The fraction of sp³-hybridized carbons (Fsp3) is 0.471. The highest BCUT2D eigenvalue weighted by molar-refractivity contribution is 7.91. The molecule has 0 N–H and O–H groups in total. The van der Waals surface area contributed by atoms with Crippen molar-refractivity contribution in [2.45, 2.75) is 24.5 Å². The molecule has 2 aromatic rings. The summed E-state index contributed by atoms with van der Waals surface area (Å²) < 4.78 is 32.4. The van der Waals surface area contributed by atoms with Crippen molar-refractivity contribution in [3.05, 3.63) is 48.3 Å². The van der Waals surface area contributed by atoms with Crippen LogP contribution < -0.4 is 0 Å². The molecule has 1 atom stereocenters. The summed E-state index contributed by atoms with van der Waals surface area (Å²) in [5, 5.41) is 4.28. The minimum absolute atomic E-state index is 0.0393. The molecule has 1 aromatic carbocycles. The number of rotatable bonds is 6. The predicted molar refractivity (Wildman–Crippen MR) is 91.6 cm³/mol. The van der Waals surface area contributed by atoms with Gasteiger partial charge in [-0.1, -0.05) is 18.2 Å². The van der Waals surface area contributed by atoms with E-state index < -0.39 is 9.84 Å². The van der Waals surface area contributed by atoms with E-state index in [4.69, 9.17) is 4.74 Å². The van der Waals surface area contributed by atoms with Gasteiger partial charge in [0.25, 0.3) is 0 Å². The van der Waals surface area contributed by atoms with Crippen LogP contribution >= 0.6 is 0 Å². The smallest absolute Gasteiger partial charge is 0.179 e. The molecule has 0 bridgehead atoms. The van der Waals surface area contributed by atoms with Gasteiger partial charge >= 0.3 is 0 Å². The molecule has 6 nitrogen and oxygen atoms in total. The summed E-state index contributed by atoms with van der Waals surface area (Å²) in [6.45, 7) is 5.33. The van der Waals surface area contributed by atoms with Crippen molar-refractivity contribution in [3.63, 3.8) is 0 Å². The molecule has 130 valence electrons. The lowest BCUT2D eigenvalue weighted by Gasteiger charge is -2.32. The Kier molecular flexibility index (Phi) is 5.33. The zero-order valence-electron chi connectivity index (χ0n) is 13.8. The second-order valence-electron chi connectivity index (χ2n) is 6.17. The van der Waals surface area contributed by atoms with Crippen molar-refractivity contribution < 1.29 is 13.2 Å². The van der Waals surface area contributed by atoms with Crippen molar-refractivity contribution in [2.24, 2.45) is 0 Å². The molecule has 3 rings (SSSR count). The van der Waals surface area contributed by atoms with Crippen LogP contribution in [0, 0.1) is 6.92 Å². The van der Waals surface area contributed by atoms with Crippen LogP contribution in [0.3, 0.4) is 0 Å². The maximum absolute atomic E-state index is 12.4. The average molecular weight is 349 g/mol. The second-order valence-corrected chi connectivity index (χ2v) is 8.27. The molecule has 1 aromatic heterocycles. The van der Waals surface area contributed by atoms with Crippen molar-refractivity contribution in [1.82, 2.24) is 14.7 Å². The van der Waals surface area contributed by atoms with Crippen molar-refractivity contribution >= 4 is 9.84 Å². The Morgan fingerprint density at radius 3 is 2.79 bits per heavy atom. The molecule has 0 radical (unpaired) electrons. The van der Waals surface area contributed by atoms with E-state index in [-0.39, 0.29) is 11.9 Å². The Bertz CT molecular complexity index is 758. The molecule has 0 aliphatic carbocycles. The molecule has 0 spiro atoms. The molecule has 7 heteroatoms. The average Bonchev–Trinajstić information content (AvgIpc) is 2.99. The Hall–Kier alpha value is -1.70. The van der Waals surface area contributed by atoms with Crippen LogP contribution in [0.2, 0.25) is 0 Å². The van der Waals surface area contributed by atoms with Gasteiger partial charge in [-0.25, -0.2) is 8.42 Å². The first-order valence-corrected chi connectivity index (χ1v) is 9.79. The summed E-state index contributed by atoms with van der Waals surface area (Å²) in [5.74, 6) is 0.130. The second kappa shape index (κ2) is 7.46. The number of sulfone groups is 1. The van der Waals surface area contributed by atoms with E-state index in [9.17, 15) is 8.42 Å². The van der Waals surface area contributed by atoms with Crippen LogP contribution in [0.4, 0.5) is 0 Å². The minimum Gasteiger partial charge on any atom is -0.374 e. The number of aromatic nitrogens is 2. The van der Waals surface area contributed by atoms with E-state index in [0.29, 0.717) is 24.6 Å². The number of nitrogens with zero attached hydrogens (tertiary/aromatic N) is 3. The predicted octanol–water partition coefficient (Wildman–Crippen LogP) is 1.37. The molecule has 24 heavy (non-hydrogen) atoms. The molecule has 2 heterocycles. The third kappa shape index (κ3) is 4.43. The number of ether oxygens (including phenoxy) is 1. The van der Waals surface area contributed by atoms with Crippen LogP contribution in [0.1, 0.15) is 5.56 Å². The van der Waals surface area contributed by atoms with Gasteiger partial charge in [0.15, 0.2) is 9.84 Å². The van der Waals surface area contributed by atoms with E-state index in [0.717, 1.165) is 18.7 Å². The van der Waals surface area contributed by atoms with Gasteiger partial charge in [-0.15, -0.1) is 0 Å². The summed E-state index contributed by atoms with van der Waals surface area (Å²) in [4.78, 5) is 2.55. The van der Waals surface area contributed by atoms with E-state index >= 15 is 0 Å². The van der Waals surface area contributed by atoms with E-state index in [1.807, 2.05) is 30.1 Å². The van der Waals surface area contributed by atoms with Crippen LogP contribution in [-0.4, -0.2) is 61.2 Å². The number of hydrogen-bond donors (Lipinski definition) is 0. The molecule has 0 unspecified atom stereocenters. The lowest BCUT2D eigenvalue weighted by atomic mass is 10.2. The number of morpholine rings is 1. The highest BCUT2D eigenvalue weighted by Crippen LogP contribution is 2.12. The number of hydrogen-bond acceptors (Lipinski definition) is 5. The lowest BCUT2D eigenvalue weighted by Crippen LogP contribution is -2.45. The van der Waals surface area contributed by atoms with Gasteiger partial charge in [0.05, 0.1) is 36.1 Å². The fourth-order valence-electron chi connectivity index (χ4n) is 2.86. The SMILES string of the molecule is Cc1cnn(C[C@@H]2CN(CCS(=O)(=O)c3ccccc3)CCO2)c1. The zero-order valence-corrected chi connectivity index (χ0v) is 14.7. The monoisotopic (exact) mass is 349 g/mol. The molecule has 1 fully saturated rings. The van der Waals surface area contributed by atoms with Gasteiger partial charge in [-0.05, 0) is 24.6 Å². The molecule has 0 saturated carbocycles. The summed E-state index contributed by atoms with van der Waals surface area (Å²) >= 11 is 0. The molecule has 1 saturated heterocycles. The van der Waals surface area contributed by atoms with Crippen LogP contribution in [0.25, 0.3) is 0 Å². The molecular weight excluding hydrogens is 326 g/mol. The third-order valence-electron chi connectivity index (χ3n) is 4.15. The van der Waals surface area contributed by atoms with Crippen molar-refractivity contribution in [3.8, 4) is 0 Å². The highest BCUT2D eigenvalue weighted by Gasteiger charge is 2.23. The fourth-order valence-corrected chi connectivity index (χ4v) is 4.17. The third-order valence-corrected chi connectivity index (χ3v) is 5.86. The van der Waals surface area contributed by atoms with Gasteiger partial charge in [-0.2, -0.15) is 5.10 Å².